The van der Waals surface area contributed by atoms with Crippen LogP contribution < -0.4 is 10.9 Å². The van der Waals surface area contributed by atoms with E-state index in [4.69, 9.17) is 17.4 Å². The summed E-state index contributed by atoms with van der Waals surface area (Å²) in [7, 11) is -3.76. The fourth-order valence-corrected chi connectivity index (χ4v) is 3.60. The van der Waals surface area contributed by atoms with E-state index in [-0.39, 0.29) is 10.7 Å². The standard InChI is InChI=1S/C14H13ClN4O2S/c15-10-4-6-13-12(9-10)19(16)14(18-22(13,20)21)7-5-11-3-1-2-8-17-11/h1-4,6,8-9H,5,7,16H2. The van der Waals surface area contributed by atoms with E-state index >= 15 is 0 Å². The van der Waals surface area contributed by atoms with Gasteiger partial charge >= 0.3 is 0 Å². The molecule has 0 amide bonds. The largest absolute Gasteiger partial charge is 0.286 e. The van der Waals surface area contributed by atoms with Crippen molar-refractivity contribution < 1.29 is 8.42 Å². The Morgan fingerprint density at radius 2 is 2.00 bits per heavy atom. The van der Waals surface area contributed by atoms with Gasteiger partial charge in [0.25, 0.3) is 10.0 Å². The van der Waals surface area contributed by atoms with Crippen molar-refractivity contribution in [3.63, 3.8) is 0 Å². The van der Waals surface area contributed by atoms with E-state index in [0.717, 1.165) is 5.69 Å². The van der Waals surface area contributed by atoms with Gasteiger partial charge in [-0.15, -0.1) is 4.40 Å². The van der Waals surface area contributed by atoms with Crippen LogP contribution >= 0.6 is 11.6 Å². The fraction of sp³-hybridized carbons (Fsp3) is 0.143. The van der Waals surface area contributed by atoms with Gasteiger partial charge in [0.05, 0.1) is 5.69 Å². The summed E-state index contributed by atoms with van der Waals surface area (Å²) in [5.74, 6) is 6.27. The van der Waals surface area contributed by atoms with Crippen molar-refractivity contribution in [3.8, 4) is 0 Å². The van der Waals surface area contributed by atoms with Gasteiger partial charge in [-0.3, -0.25) is 9.99 Å². The molecule has 0 saturated heterocycles. The highest BCUT2D eigenvalue weighted by Crippen LogP contribution is 2.32. The molecule has 0 atom stereocenters. The van der Waals surface area contributed by atoms with Gasteiger partial charge in [0.2, 0.25) is 0 Å². The normalized spacial score (nSPS) is 16.1. The predicted octanol–water partition coefficient (Wildman–Crippen LogP) is 2.15. The minimum atomic E-state index is -3.76. The van der Waals surface area contributed by atoms with E-state index in [1.54, 1.807) is 6.20 Å². The van der Waals surface area contributed by atoms with Crippen molar-refractivity contribution >= 4 is 33.1 Å². The minimum absolute atomic E-state index is 0.0565. The molecule has 1 aliphatic heterocycles. The maximum Gasteiger partial charge on any atom is 0.286 e. The number of hydrogen-bond donors (Lipinski definition) is 1. The quantitative estimate of drug-likeness (QED) is 0.867. The van der Waals surface area contributed by atoms with Crippen LogP contribution in [0.1, 0.15) is 12.1 Å². The maximum absolute atomic E-state index is 12.2. The zero-order valence-electron chi connectivity index (χ0n) is 11.5. The third kappa shape index (κ3) is 2.83. The van der Waals surface area contributed by atoms with Crippen LogP contribution in [0.2, 0.25) is 5.02 Å². The second-order valence-corrected chi connectivity index (χ2v) is 6.79. The van der Waals surface area contributed by atoms with E-state index in [1.807, 2.05) is 18.2 Å². The summed E-state index contributed by atoms with van der Waals surface area (Å²) < 4.78 is 28.2. The lowest BCUT2D eigenvalue weighted by Crippen LogP contribution is -2.41. The Bertz CT molecular complexity index is 837. The zero-order chi connectivity index (χ0) is 15.7. The number of rotatable bonds is 3. The first-order valence-electron chi connectivity index (χ1n) is 6.55. The average molecular weight is 337 g/mol. The van der Waals surface area contributed by atoms with Gasteiger partial charge in [-0.2, -0.15) is 8.42 Å². The first-order valence-corrected chi connectivity index (χ1v) is 8.37. The van der Waals surface area contributed by atoms with Crippen LogP contribution in [0.3, 0.4) is 0 Å². The van der Waals surface area contributed by atoms with Crippen molar-refractivity contribution in [2.45, 2.75) is 17.7 Å². The predicted molar refractivity (Wildman–Crippen MR) is 85.3 cm³/mol. The third-order valence-electron chi connectivity index (χ3n) is 3.29. The molecule has 3 rings (SSSR count). The van der Waals surface area contributed by atoms with Crippen LogP contribution in [0, 0.1) is 0 Å². The van der Waals surface area contributed by atoms with Crippen LogP contribution in [0.15, 0.2) is 51.9 Å². The van der Waals surface area contributed by atoms with Crippen LogP contribution in [-0.4, -0.2) is 19.2 Å². The molecule has 1 aromatic carbocycles. The molecule has 0 bridgehead atoms. The molecule has 2 N–H and O–H groups in total. The summed E-state index contributed by atoms with van der Waals surface area (Å²) >= 11 is 5.93. The molecule has 8 heteroatoms. The second kappa shape index (κ2) is 5.68. The number of benzene rings is 1. The molecular weight excluding hydrogens is 324 g/mol. The first kappa shape index (κ1) is 15.0. The van der Waals surface area contributed by atoms with Crippen molar-refractivity contribution in [2.24, 2.45) is 10.2 Å². The number of pyridine rings is 1. The Kier molecular flexibility index (Phi) is 3.86. The lowest BCUT2D eigenvalue weighted by Gasteiger charge is -2.26. The number of amidine groups is 1. The Morgan fingerprint density at radius 3 is 2.73 bits per heavy atom. The molecule has 0 spiro atoms. The summed E-state index contributed by atoms with van der Waals surface area (Å²) in [6, 6.07) is 9.98. The molecular formula is C14H13ClN4O2S. The molecule has 0 unspecified atom stereocenters. The summed E-state index contributed by atoms with van der Waals surface area (Å²) in [6.45, 7) is 0. The van der Waals surface area contributed by atoms with Crippen molar-refractivity contribution in [3.05, 3.63) is 53.3 Å². The Morgan fingerprint density at radius 1 is 1.18 bits per heavy atom. The number of aryl methyl sites for hydroxylation is 1. The van der Waals surface area contributed by atoms with Crippen LogP contribution in [-0.2, 0) is 16.4 Å². The summed E-state index contributed by atoms with van der Waals surface area (Å²) in [6.07, 6.45) is 2.58. The van der Waals surface area contributed by atoms with E-state index in [2.05, 4.69) is 9.38 Å². The van der Waals surface area contributed by atoms with Gasteiger partial charge in [-0.05, 0) is 36.8 Å². The molecule has 0 saturated carbocycles. The van der Waals surface area contributed by atoms with Crippen molar-refractivity contribution in [1.82, 2.24) is 4.98 Å². The maximum atomic E-state index is 12.2. The number of sulfonamides is 1. The molecule has 0 aliphatic carbocycles. The van der Waals surface area contributed by atoms with Gasteiger partial charge in [0, 0.05) is 23.3 Å². The van der Waals surface area contributed by atoms with Crippen LogP contribution in [0.25, 0.3) is 0 Å². The molecule has 6 nitrogen and oxygen atoms in total. The molecule has 0 fully saturated rings. The van der Waals surface area contributed by atoms with Crippen molar-refractivity contribution in [1.29, 1.82) is 0 Å². The summed E-state index contributed by atoms with van der Waals surface area (Å²) in [5.41, 5.74) is 1.17. The lowest BCUT2D eigenvalue weighted by atomic mass is 10.2. The van der Waals surface area contributed by atoms with Gasteiger partial charge in [0.1, 0.15) is 10.7 Å². The fourth-order valence-electron chi connectivity index (χ4n) is 2.22. The molecule has 0 radical (unpaired) electrons. The number of nitrogens with zero attached hydrogens (tertiary/aromatic N) is 3. The number of fused-ring (bicyclic) bond motifs is 1. The Hall–Kier alpha value is -1.96. The molecule has 1 aliphatic rings. The van der Waals surface area contributed by atoms with E-state index in [9.17, 15) is 8.42 Å². The first-order chi connectivity index (χ1) is 10.5. The number of aromatic nitrogens is 1. The lowest BCUT2D eigenvalue weighted by molar-refractivity contribution is 0.596. The van der Waals surface area contributed by atoms with Gasteiger partial charge in [0.15, 0.2) is 0 Å². The number of hydrogen-bond acceptors (Lipinski definition) is 5. The highest BCUT2D eigenvalue weighted by atomic mass is 35.5. The summed E-state index contributed by atoms with van der Waals surface area (Å²) in [4.78, 5) is 4.25. The zero-order valence-corrected chi connectivity index (χ0v) is 13.0. The van der Waals surface area contributed by atoms with E-state index < -0.39 is 10.0 Å². The molecule has 1 aromatic heterocycles. The number of halogens is 1. The van der Waals surface area contributed by atoms with Crippen LogP contribution in [0.5, 0.6) is 0 Å². The van der Waals surface area contributed by atoms with Crippen molar-refractivity contribution in [2.75, 3.05) is 5.01 Å². The SMILES string of the molecule is NN1C(CCc2ccccn2)=NS(=O)(=O)c2ccc(Cl)cc21. The summed E-state index contributed by atoms with van der Waals surface area (Å²) in [5, 5.41) is 1.68. The van der Waals surface area contributed by atoms with E-state index in [1.165, 1.54) is 23.2 Å². The molecule has 2 heterocycles. The highest BCUT2D eigenvalue weighted by Gasteiger charge is 2.29. The Labute approximate surface area is 133 Å². The van der Waals surface area contributed by atoms with Gasteiger partial charge < -0.3 is 0 Å². The molecule has 114 valence electrons. The van der Waals surface area contributed by atoms with Gasteiger partial charge in [-0.25, -0.2) is 5.84 Å². The topological polar surface area (TPSA) is 88.7 Å². The minimum Gasteiger partial charge on any atom is -0.264 e. The average Bonchev–Trinajstić information content (AvgIpc) is 2.50. The number of nitrogens with two attached hydrogens (primary N) is 1. The van der Waals surface area contributed by atoms with Gasteiger partial charge in [-0.1, -0.05) is 17.7 Å². The smallest absolute Gasteiger partial charge is 0.264 e. The highest BCUT2D eigenvalue weighted by molar-refractivity contribution is 7.90. The monoisotopic (exact) mass is 336 g/mol. The molecule has 22 heavy (non-hydrogen) atoms. The second-order valence-electron chi connectivity index (χ2n) is 4.79. The van der Waals surface area contributed by atoms with Crippen LogP contribution in [0.4, 0.5) is 5.69 Å². The van der Waals surface area contributed by atoms with E-state index in [0.29, 0.717) is 23.6 Å². The molecule has 2 aromatic rings. The Balaban J connectivity index is 1.92. The number of hydrazine groups is 1. The number of anilines is 1. The third-order valence-corrected chi connectivity index (χ3v) is 4.88.